The molecule has 0 aliphatic carbocycles. The summed E-state index contributed by atoms with van der Waals surface area (Å²) in [4.78, 5) is 2.18. The number of ether oxygens (including phenoxy) is 1. The van der Waals surface area contributed by atoms with Crippen LogP contribution in [0.1, 0.15) is 5.56 Å². The van der Waals surface area contributed by atoms with Crippen molar-refractivity contribution < 1.29 is 9.13 Å². The van der Waals surface area contributed by atoms with Crippen molar-refractivity contribution >= 4 is 23.2 Å². The quantitative estimate of drug-likeness (QED) is 0.788. The van der Waals surface area contributed by atoms with Gasteiger partial charge < -0.3 is 4.74 Å². The summed E-state index contributed by atoms with van der Waals surface area (Å²) in [7, 11) is 0. The lowest BCUT2D eigenvalue weighted by Crippen LogP contribution is -2.42. The maximum atomic E-state index is 13.3. The SMILES string of the molecule is Fc1cccc(CN2CCOC(CCl)C2)c1Cl. The molecule has 1 unspecified atom stereocenters. The predicted octanol–water partition coefficient (Wildman–Crippen LogP) is 2.92. The standard InChI is InChI=1S/C12H14Cl2FNO/c13-6-10-8-16(4-5-17-10)7-9-2-1-3-11(15)12(9)14/h1-3,10H,4-8H2. The molecule has 1 saturated heterocycles. The molecule has 0 N–H and O–H groups in total. The van der Waals surface area contributed by atoms with Gasteiger partial charge in [0.2, 0.25) is 0 Å². The molecule has 1 atom stereocenters. The van der Waals surface area contributed by atoms with Crippen molar-refractivity contribution in [2.45, 2.75) is 12.6 Å². The smallest absolute Gasteiger partial charge is 0.142 e. The lowest BCUT2D eigenvalue weighted by Gasteiger charge is -2.32. The van der Waals surface area contributed by atoms with Gasteiger partial charge in [0, 0.05) is 25.5 Å². The van der Waals surface area contributed by atoms with Crippen LogP contribution in [0.4, 0.5) is 4.39 Å². The highest BCUT2D eigenvalue weighted by molar-refractivity contribution is 6.31. The van der Waals surface area contributed by atoms with E-state index in [-0.39, 0.29) is 16.9 Å². The van der Waals surface area contributed by atoms with Crippen LogP contribution in [-0.4, -0.2) is 36.6 Å². The Bertz CT molecular complexity index is 389. The molecule has 0 bridgehead atoms. The average Bonchev–Trinajstić information content (AvgIpc) is 2.35. The number of hydrogen-bond acceptors (Lipinski definition) is 2. The van der Waals surface area contributed by atoms with E-state index in [1.54, 1.807) is 6.07 Å². The first-order chi connectivity index (χ1) is 8.20. The molecular formula is C12H14Cl2FNO. The summed E-state index contributed by atoms with van der Waals surface area (Å²) < 4.78 is 18.7. The molecule has 0 aromatic heterocycles. The zero-order valence-electron chi connectivity index (χ0n) is 9.33. The summed E-state index contributed by atoms with van der Waals surface area (Å²) >= 11 is 11.7. The van der Waals surface area contributed by atoms with E-state index in [0.29, 0.717) is 19.0 Å². The van der Waals surface area contributed by atoms with Crippen LogP contribution in [0.25, 0.3) is 0 Å². The van der Waals surface area contributed by atoms with Gasteiger partial charge in [-0.15, -0.1) is 11.6 Å². The number of benzene rings is 1. The second-order valence-corrected chi connectivity index (χ2v) is 4.78. The van der Waals surface area contributed by atoms with Crippen LogP contribution in [0, 0.1) is 5.82 Å². The molecule has 2 nitrogen and oxygen atoms in total. The van der Waals surface area contributed by atoms with Gasteiger partial charge in [-0.3, -0.25) is 4.90 Å². The molecule has 5 heteroatoms. The highest BCUT2D eigenvalue weighted by Gasteiger charge is 2.20. The van der Waals surface area contributed by atoms with E-state index in [1.807, 2.05) is 6.07 Å². The predicted molar refractivity (Wildman–Crippen MR) is 67.1 cm³/mol. The fourth-order valence-corrected chi connectivity index (χ4v) is 2.30. The van der Waals surface area contributed by atoms with Gasteiger partial charge in [-0.2, -0.15) is 0 Å². The van der Waals surface area contributed by atoms with Gasteiger partial charge in [-0.1, -0.05) is 23.7 Å². The van der Waals surface area contributed by atoms with E-state index >= 15 is 0 Å². The first kappa shape index (κ1) is 13.1. The fraction of sp³-hybridized carbons (Fsp3) is 0.500. The minimum Gasteiger partial charge on any atom is -0.374 e. The molecule has 94 valence electrons. The normalized spacial score (nSPS) is 21.7. The fourth-order valence-electron chi connectivity index (χ4n) is 1.93. The zero-order valence-corrected chi connectivity index (χ0v) is 10.8. The molecule has 1 aromatic rings. The van der Waals surface area contributed by atoms with E-state index in [1.165, 1.54) is 6.07 Å². The van der Waals surface area contributed by atoms with Crippen LogP contribution in [0.2, 0.25) is 5.02 Å². The number of alkyl halides is 1. The van der Waals surface area contributed by atoms with Gasteiger partial charge >= 0.3 is 0 Å². The van der Waals surface area contributed by atoms with Crippen LogP contribution >= 0.6 is 23.2 Å². The molecular weight excluding hydrogens is 264 g/mol. The maximum Gasteiger partial charge on any atom is 0.142 e. The van der Waals surface area contributed by atoms with E-state index in [9.17, 15) is 4.39 Å². The maximum absolute atomic E-state index is 13.3. The van der Waals surface area contributed by atoms with Crippen molar-refractivity contribution in [2.24, 2.45) is 0 Å². The molecule has 1 aromatic carbocycles. The van der Waals surface area contributed by atoms with E-state index in [2.05, 4.69) is 4.90 Å². The zero-order chi connectivity index (χ0) is 12.3. The number of morpholine rings is 1. The van der Waals surface area contributed by atoms with E-state index < -0.39 is 0 Å². The summed E-state index contributed by atoms with van der Waals surface area (Å²) in [5, 5.41) is 0.210. The van der Waals surface area contributed by atoms with Gasteiger partial charge in [0.15, 0.2) is 0 Å². The van der Waals surface area contributed by atoms with Crippen LogP contribution < -0.4 is 0 Å². The molecule has 0 saturated carbocycles. The molecule has 1 heterocycles. The number of hydrogen-bond donors (Lipinski definition) is 0. The monoisotopic (exact) mass is 277 g/mol. The lowest BCUT2D eigenvalue weighted by molar-refractivity contribution is -0.0194. The Morgan fingerprint density at radius 2 is 2.29 bits per heavy atom. The van der Waals surface area contributed by atoms with Gasteiger partial charge in [-0.25, -0.2) is 4.39 Å². The summed E-state index contributed by atoms with van der Waals surface area (Å²) in [6.45, 7) is 2.87. The lowest BCUT2D eigenvalue weighted by atomic mass is 10.2. The second-order valence-electron chi connectivity index (χ2n) is 4.10. The number of rotatable bonds is 3. The molecule has 1 fully saturated rings. The minimum absolute atomic E-state index is 0.0535. The third-order valence-corrected chi connectivity index (χ3v) is 3.59. The van der Waals surface area contributed by atoms with Gasteiger partial charge in [0.05, 0.1) is 17.7 Å². The average molecular weight is 278 g/mol. The molecule has 2 rings (SSSR count). The number of halogens is 3. The molecule has 0 amide bonds. The van der Waals surface area contributed by atoms with Gasteiger partial charge in [0.1, 0.15) is 5.82 Å². The van der Waals surface area contributed by atoms with Crippen LogP contribution in [0.15, 0.2) is 18.2 Å². The van der Waals surface area contributed by atoms with E-state index in [4.69, 9.17) is 27.9 Å². The number of nitrogens with zero attached hydrogens (tertiary/aromatic N) is 1. The summed E-state index contributed by atoms with van der Waals surface area (Å²) in [6.07, 6.45) is 0.0535. The Labute approximate surface area is 110 Å². The Hall–Kier alpha value is -0.350. The molecule has 0 radical (unpaired) electrons. The largest absolute Gasteiger partial charge is 0.374 e. The Morgan fingerprint density at radius 1 is 1.47 bits per heavy atom. The second kappa shape index (κ2) is 6.01. The third kappa shape index (κ3) is 3.32. The van der Waals surface area contributed by atoms with Crippen LogP contribution in [-0.2, 0) is 11.3 Å². The Balaban J connectivity index is 2.02. The van der Waals surface area contributed by atoms with Crippen LogP contribution in [0.5, 0.6) is 0 Å². The van der Waals surface area contributed by atoms with Crippen molar-refractivity contribution in [3.63, 3.8) is 0 Å². The van der Waals surface area contributed by atoms with E-state index in [0.717, 1.165) is 18.7 Å². The molecule has 0 spiro atoms. The summed E-state index contributed by atoms with van der Waals surface area (Å²) in [5.41, 5.74) is 0.807. The van der Waals surface area contributed by atoms with Crippen molar-refractivity contribution in [2.75, 3.05) is 25.6 Å². The Kier molecular flexibility index (Phi) is 4.62. The summed E-state index contributed by atoms with van der Waals surface area (Å²) in [6, 6.07) is 4.89. The van der Waals surface area contributed by atoms with Crippen LogP contribution in [0.3, 0.4) is 0 Å². The first-order valence-corrected chi connectivity index (χ1v) is 6.44. The summed E-state index contributed by atoms with van der Waals surface area (Å²) in [5.74, 6) is 0.110. The third-order valence-electron chi connectivity index (χ3n) is 2.82. The van der Waals surface area contributed by atoms with Crippen molar-refractivity contribution in [1.29, 1.82) is 0 Å². The highest BCUT2D eigenvalue weighted by Crippen LogP contribution is 2.22. The molecule has 1 aliphatic heterocycles. The van der Waals surface area contributed by atoms with Crippen molar-refractivity contribution in [3.8, 4) is 0 Å². The highest BCUT2D eigenvalue weighted by atomic mass is 35.5. The molecule has 17 heavy (non-hydrogen) atoms. The van der Waals surface area contributed by atoms with Gasteiger partial charge in [-0.05, 0) is 11.6 Å². The van der Waals surface area contributed by atoms with Crippen molar-refractivity contribution in [1.82, 2.24) is 4.90 Å². The van der Waals surface area contributed by atoms with Crippen molar-refractivity contribution in [3.05, 3.63) is 34.6 Å². The first-order valence-electron chi connectivity index (χ1n) is 5.53. The molecule has 1 aliphatic rings. The Morgan fingerprint density at radius 3 is 3.06 bits per heavy atom. The minimum atomic E-state index is -0.369. The van der Waals surface area contributed by atoms with Gasteiger partial charge in [0.25, 0.3) is 0 Å². The topological polar surface area (TPSA) is 12.5 Å².